The normalized spacial score (nSPS) is 10.2. The molecular weight excluding hydrogens is 302 g/mol. The number of nitrogens with one attached hydrogen (secondary N) is 1. The smallest absolute Gasteiger partial charge is 0.222 e. The van der Waals surface area contributed by atoms with Gasteiger partial charge >= 0.3 is 0 Å². The van der Waals surface area contributed by atoms with Crippen molar-refractivity contribution in [3.8, 4) is 11.8 Å². The zero-order valence-corrected chi connectivity index (χ0v) is 14.4. The second-order valence-electron chi connectivity index (χ2n) is 5.59. The van der Waals surface area contributed by atoms with Crippen LogP contribution in [-0.2, 0) is 6.42 Å². The number of rotatable bonds is 7. The van der Waals surface area contributed by atoms with Crippen LogP contribution >= 0.6 is 0 Å². The van der Waals surface area contributed by atoms with Crippen LogP contribution in [0, 0.1) is 18.3 Å². The Morgan fingerprint density at radius 1 is 1.33 bits per heavy atom. The molecule has 2 rings (SSSR count). The first-order valence-electron chi connectivity index (χ1n) is 8.02. The lowest BCUT2D eigenvalue weighted by Crippen LogP contribution is -2.11. The van der Waals surface area contributed by atoms with Crippen molar-refractivity contribution in [2.45, 2.75) is 33.1 Å². The van der Waals surface area contributed by atoms with Gasteiger partial charge in [0, 0.05) is 24.2 Å². The van der Waals surface area contributed by atoms with Crippen LogP contribution in [0.3, 0.4) is 0 Å². The number of anilines is 2. The molecule has 6 heteroatoms. The minimum atomic E-state index is 0.257. The lowest BCUT2D eigenvalue weighted by Gasteiger charge is -2.15. The van der Waals surface area contributed by atoms with E-state index in [4.69, 9.17) is 15.7 Å². The number of nitrogens with zero attached hydrogens (tertiary/aromatic N) is 3. The molecule has 0 radical (unpaired) electrons. The summed E-state index contributed by atoms with van der Waals surface area (Å²) in [5, 5.41) is 12.5. The molecule has 1 aromatic carbocycles. The van der Waals surface area contributed by atoms with Gasteiger partial charge in [-0.15, -0.1) is 0 Å². The summed E-state index contributed by atoms with van der Waals surface area (Å²) in [6, 6.07) is 7.56. The average Bonchev–Trinajstić information content (AvgIpc) is 2.57. The summed E-state index contributed by atoms with van der Waals surface area (Å²) in [5.41, 5.74) is 9.11. The van der Waals surface area contributed by atoms with E-state index in [9.17, 15) is 0 Å². The molecule has 0 aliphatic heterocycles. The van der Waals surface area contributed by atoms with Crippen LogP contribution in [0.25, 0.3) is 0 Å². The molecule has 0 saturated carbocycles. The number of aromatic nitrogens is 2. The van der Waals surface area contributed by atoms with Crippen LogP contribution in [-0.4, -0.2) is 23.6 Å². The molecule has 2 aromatic rings. The molecule has 0 saturated heterocycles. The fourth-order valence-electron chi connectivity index (χ4n) is 2.54. The highest BCUT2D eigenvalue weighted by Crippen LogP contribution is 2.27. The summed E-state index contributed by atoms with van der Waals surface area (Å²) in [7, 11) is 1.62. The largest absolute Gasteiger partial charge is 0.496 e. The number of benzene rings is 1. The quantitative estimate of drug-likeness (QED) is 0.759. The maximum Gasteiger partial charge on any atom is 0.222 e. The minimum Gasteiger partial charge on any atom is -0.496 e. The predicted molar refractivity (Wildman–Crippen MR) is 95.1 cm³/mol. The summed E-state index contributed by atoms with van der Waals surface area (Å²) in [6.07, 6.45) is 2.72. The maximum atomic E-state index is 9.14. The Morgan fingerprint density at radius 2 is 2.12 bits per heavy atom. The standard InChI is InChI=1S/C18H23N5O/c1-4-5-8-21-17-15(12(2)22-18(20)23-17)10-14-9-13(11-19)6-7-16(14)24-3/h6-7,9H,4-5,8,10H2,1-3H3,(H3,20,21,22,23). The van der Waals surface area contributed by atoms with Gasteiger partial charge in [0.05, 0.1) is 18.7 Å². The third-order valence-electron chi connectivity index (χ3n) is 3.83. The van der Waals surface area contributed by atoms with E-state index in [0.717, 1.165) is 47.8 Å². The Kier molecular flexibility index (Phi) is 5.96. The summed E-state index contributed by atoms with van der Waals surface area (Å²) in [4.78, 5) is 8.63. The Bertz CT molecular complexity index is 752. The van der Waals surface area contributed by atoms with Gasteiger partial charge in [-0.2, -0.15) is 10.2 Å². The zero-order chi connectivity index (χ0) is 17.5. The third kappa shape index (κ3) is 4.13. The van der Waals surface area contributed by atoms with Gasteiger partial charge < -0.3 is 15.8 Å². The fraction of sp³-hybridized carbons (Fsp3) is 0.389. The van der Waals surface area contributed by atoms with Gasteiger partial charge in [-0.3, -0.25) is 0 Å². The molecule has 6 nitrogen and oxygen atoms in total. The van der Waals surface area contributed by atoms with E-state index in [1.54, 1.807) is 13.2 Å². The first kappa shape index (κ1) is 17.5. The number of aryl methyl sites for hydroxylation is 1. The van der Waals surface area contributed by atoms with Crippen LogP contribution < -0.4 is 15.8 Å². The van der Waals surface area contributed by atoms with Crippen molar-refractivity contribution >= 4 is 11.8 Å². The number of hydrogen-bond donors (Lipinski definition) is 2. The minimum absolute atomic E-state index is 0.257. The number of methoxy groups -OCH3 is 1. The van der Waals surface area contributed by atoms with Crippen LogP contribution in [0.5, 0.6) is 5.75 Å². The van der Waals surface area contributed by atoms with Crippen molar-refractivity contribution < 1.29 is 4.74 Å². The van der Waals surface area contributed by atoms with Gasteiger partial charge in [0.2, 0.25) is 5.95 Å². The second kappa shape index (κ2) is 8.16. The zero-order valence-electron chi connectivity index (χ0n) is 14.4. The first-order chi connectivity index (χ1) is 11.6. The Labute approximate surface area is 142 Å². The Balaban J connectivity index is 2.40. The van der Waals surface area contributed by atoms with Gasteiger partial charge in [-0.25, -0.2) is 4.98 Å². The van der Waals surface area contributed by atoms with E-state index in [1.165, 1.54) is 0 Å². The lowest BCUT2D eigenvalue weighted by molar-refractivity contribution is 0.410. The molecule has 0 bridgehead atoms. The van der Waals surface area contributed by atoms with Crippen LogP contribution in [0.2, 0.25) is 0 Å². The summed E-state index contributed by atoms with van der Waals surface area (Å²) in [6.45, 7) is 4.88. The first-order valence-corrected chi connectivity index (χ1v) is 8.02. The molecule has 1 heterocycles. The Morgan fingerprint density at radius 3 is 2.79 bits per heavy atom. The molecular formula is C18H23N5O. The molecule has 126 valence electrons. The van der Waals surface area contributed by atoms with E-state index in [-0.39, 0.29) is 5.95 Å². The molecule has 0 aliphatic rings. The summed E-state index contributed by atoms with van der Waals surface area (Å²) in [5.74, 6) is 1.75. The van der Waals surface area contributed by atoms with Crippen molar-refractivity contribution in [3.63, 3.8) is 0 Å². The number of hydrogen-bond acceptors (Lipinski definition) is 6. The SMILES string of the molecule is CCCCNc1nc(N)nc(C)c1Cc1cc(C#N)ccc1OC. The molecule has 0 unspecified atom stereocenters. The lowest BCUT2D eigenvalue weighted by atomic mass is 10.0. The highest BCUT2D eigenvalue weighted by atomic mass is 16.5. The molecule has 0 spiro atoms. The number of nitriles is 1. The molecule has 0 aliphatic carbocycles. The topological polar surface area (TPSA) is 96.9 Å². The van der Waals surface area contributed by atoms with E-state index in [1.807, 2.05) is 19.1 Å². The number of unbranched alkanes of at least 4 members (excludes halogenated alkanes) is 1. The van der Waals surface area contributed by atoms with Crippen LogP contribution in [0.15, 0.2) is 18.2 Å². The van der Waals surface area contributed by atoms with E-state index in [0.29, 0.717) is 12.0 Å². The fourth-order valence-corrected chi connectivity index (χ4v) is 2.54. The van der Waals surface area contributed by atoms with Gasteiger partial charge in [0.15, 0.2) is 0 Å². The van der Waals surface area contributed by atoms with Crippen molar-refractivity contribution in [3.05, 3.63) is 40.6 Å². The van der Waals surface area contributed by atoms with Crippen molar-refractivity contribution in [2.75, 3.05) is 24.7 Å². The van der Waals surface area contributed by atoms with E-state index < -0.39 is 0 Å². The van der Waals surface area contributed by atoms with Crippen LogP contribution in [0.4, 0.5) is 11.8 Å². The second-order valence-corrected chi connectivity index (χ2v) is 5.59. The van der Waals surface area contributed by atoms with Gasteiger partial charge in [-0.1, -0.05) is 13.3 Å². The van der Waals surface area contributed by atoms with Gasteiger partial charge in [0.1, 0.15) is 11.6 Å². The molecule has 0 atom stereocenters. The molecule has 24 heavy (non-hydrogen) atoms. The average molecular weight is 325 g/mol. The Hall–Kier alpha value is -2.81. The van der Waals surface area contributed by atoms with Gasteiger partial charge in [0.25, 0.3) is 0 Å². The summed E-state index contributed by atoms with van der Waals surface area (Å²) >= 11 is 0. The molecule has 3 N–H and O–H groups in total. The summed E-state index contributed by atoms with van der Waals surface area (Å²) < 4.78 is 5.42. The molecule has 0 fully saturated rings. The van der Waals surface area contributed by atoms with Crippen LogP contribution in [0.1, 0.15) is 42.1 Å². The van der Waals surface area contributed by atoms with E-state index >= 15 is 0 Å². The highest BCUT2D eigenvalue weighted by molar-refractivity contribution is 5.54. The highest BCUT2D eigenvalue weighted by Gasteiger charge is 2.14. The molecule has 1 aromatic heterocycles. The van der Waals surface area contributed by atoms with Crippen molar-refractivity contribution in [1.82, 2.24) is 9.97 Å². The third-order valence-corrected chi connectivity index (χ3v) is 3.83. The maximum absolute atomic E-state index is 9.14. The predicted octanol–water partition coefficient (Wildman–Crippen LogP) is 3.05. The van der Waals surface area contributed by atoms with Gasteiger partial charge in [-0.05, 0) is 37.1 Å². The van der Waals surface area contributed by atoms with Crippen molar-refractivity contribution in [1.29, 1.82) is 5.26 Å². The van der Waals surface area contributed by atoms with E-state index in [2.05, 4.69) is 28.3 Å². The number of nitrogen functional groups attached to an aromatic ring is 1. The monoisotopic (exact) mass is 325 g/mol. The molecule has 0 amide bonds. The van der Waals surface area contributed by atoms with Crippen molar-refractivity contribution in [2.24, 2.45) is 0 Å². The number of nitrogens with two attached hydrogens (primary N) is 1. The number of ether oxygens (including phenoxy) is 1.